The molecule has 132 valence electrons. The molecular formula is C19H24N4O2. The minimum absolute atomic E-state index is 0.148. The summed E-state index contributed by atoms with van der Waals surface area (Å²) in [5.74, 6) is -0.148. The number of morpholine rings is 1. The smallest absolute Gasteiger partial charge is 0.248 e. The molecule has 2 aromatic rings. The van der Waals surface area contributed by atoms with Crippen molar-refractivity contribution < 1.29 is 9.53 Å². The summed E-state index contributed by atoms with van der Waals surface area (Å²) in [4.78, 5) is 14.4. The Balaban J connectivity index is 1.53. The third-order valence-corrected chi connectivity index (χ3v) is 4.19. The van der Waals surface area contributed by atoms with Gasteiger partial charge in [-0.05, 0) is 36.8 Å². The Labute approximate surface area is 148 Å². The predicted octanol–water partition coefficient (Wildman–Crippen LogP) is 2.39. The predicted molar refractivity (Wildman–Crippen MR) is 98.1 cm³/mol. The lowest BCUT2D eigenvalue weighted by Crippen LogP contribution is -2.35. The fourth-order valence-corrected chi connectivity index (χ4v) is 2.80. The highest BCUT2D eigenvalue weighted by Gasteiger charge is 2.10. The summed E-state index contributed by atoms with van der Waals surface area (Å²) in [7, 11) is 0. The Morgan fingerprint density at radius 2 is 2.00 bits per heavy atom. The van der Waals surface area contributed by atoms with E-state index in [-0.39, 0.29) is 5.91 Å². The molecule has 1 amide bonds. The molecule has 1 N–H and O–H groups in total. The van der Waals surface area contributed by atoms with Gasteiger partial charge in [0, 0.05) is 44.1 Å². The van der Waals surface area contributed by atoms with Crippen LogP contribution in [0.1, 0.15) is 18.2 Å². The molecule has 6 heteroatoms. The van der Waals surface area contributed by atoms with E-state index in [1.807, 2.05) is 29.8 Å². The van der Waals surface area contributed by atoms with Gasteiger partial charge in [0.05, 0.1) is 18.9 Å². The van der Waals surface area contributed by atoms with Gasteiger partial charge in [-0.1, -0.05) is 12.1 Å². The van der Waals surface area contributed by atoms with Gasteiger partial charge in [-0.25, -0.2) is 0 Å². The molecule has 1 fully saturated rings. The second-order valence-electron chi connectivity index (χ2n) is 5.98. The van der Waals surface area contributed by atoms with E-state index < -0.39 is 0 Å². The molecule has 0 bridgehead atoms. The number of aryl methyl sites for hydroxylation is 1. The molecular weight excluding hydrogens is 316 g/mol. The third-order valence-electron chi connectivity index (χ3n) is 4.19. The van der Waals surface area contributed by atoms with E-state index in [2.05, 4.69) is 27.4 Å². The number of hydrogen-bond acceptors (Lipinski definition) is 4. The molecule has 0 atom stereocenters. The van der Waals surface area contributed by atoms with Crippen LogP contribution in [0, 0.1) is 0 Å². The van der Waals surface area contributed by atoms with Crippen LogP contribution in [0.5, 0.6) is 0 Å². The van der Waals surface area contributed by atoms with Gasteiger partial charge in [-0.3, -0.25) is 14.4 Å². The van der Waals surface area contributed by atoms with E-state index in [1.165, 1.54) is 11.6 Å². The normalized spacial score (nSPS) is 15.6. The number of rotatable bonds is 6. The van der Waals surface area contributed by atoms with Gasteiger partial charge in [-0.15, -0.1) is 0 Å². The molecule has 0 spiro atoms. The Hall–Kier alpha value is -2.44. The summed E-state index contributed by atoms with van der Waals surface area (Å²) < 4.78 is 7.20. The first-order valence-corrected chi connectivity index (χ1v) is 8.64. The van der Waals surface area contributed by atoms with Crippen LogP contribution in [0.25, 0.3) is 6.08 Å². The van der Waals surface area contributed by atoms with E-state index in [1.54, 1.807) is 12.3 Å². The zero-order valence-electron chi connectivity index (χ0n) is 14.5. The van der Waals surface area contributed by atoms with E-state index in [4.69, 9.17) is 4.74 Å². The summed E-state index contributed by atoms with van der Waals surface area (Å²) in [6.07, 6.45) is 5.04. The topological polar surface area (TPSA) is 59.4 Å². The SMILES string of the molecule is CCn1nccc1/C=C/C(=O)Nc1ccc(CN2CCOCC2)cc1. The van der Waals surface area contributed by atoms with Crippen molar-refractivity contribution in [3.05, 3.63) is 53.9 Å². The zero-order chi connectivity index (χ0) is 17.5. The Kier molecular flexibility index (Phi) is 5.98. The lowest BCUT2D eigenvalue weighted by Gasteiger charge is -2.26. The van der Waals surface area contributed by atoms with E-state index in [9.17, 15) is 4.79 Å². The molecule has 6 nitrogen and oxygen atoms in total. The van der Waals surface area contributed by atoms with Gasteiger partial charge >= 0.3 is 0 Å². The van der Waals surface area contributed by atoms with Crippen LogP contribution in [0.3, 0.4) is 0 Å². The lowest BCUT2D eigenvalue weighted by molar-refractivity contribution is -0.111. The molecule has 3 rings (SSSR count). The second-order valence-corrected chi connectivity index (χ2v) is 5.98. The number of aromatic nitrogens is 2. The standard InChI is InChI=1S/C19H24N4O2/c1-2-23-18(9-10-20-23)7-8-19(24)21-17-5-3-16(4-6-17)15-22-11-13-25-14-12-22/h3-10H,2,11-15H2,1H3,(H,21,24)/b8-7+. The van der Waals surface area contributed by atoms with Crippen LogP contribution in [-0.4, -0.2) is 46.9 Å². The number of carbonyl (C=O) groups excluding carboxylic acids is 1. The highest BCUT2D eigenvalue weighted by Crippen LogP contribution is 2.13. The number of nitrogens with zero attached hydrogens (tertiary/aromatic N) is 3. The van der Waals surface area contributed by atoms with Gasteiger partial charge < -0.3 is 10.1 Å². The van der Waals surface area contributed by atoms with Crippen molar-refractivity contribution >= 4 is 17.7 Å². The summed E-state index contributed by atoms with van der Waals surface area (Å²) >= 11 is 0. The Bertz CT molecular complexity index is 715. The van der Waals surface area contributed by atoms with Gasteiger partial charge in [0.1, 0.15) is 0 Å². The van der Waals surface area contributed by atoms with Crippen molar-refractivity contribution in [2.75, 3.05) is 31.6 Å². The van der Waals surface area contributed by atoms with Crippen molar-refractivity contribution in [3.63, 3.8) is 0 Å². The first kappa shape index (κ1) is 17.4. The van der Waals surface area contributed by atoms with Crippen LogP contribution < -0.4 is 5.32 Å². The number of anilines is 1. The molecule has 1 aromatic heterocycles. The highest BCUT2D eigenvalue weighted by molar-refractivity contribution is 6.01. The van der Waals surface area contributed by atoms with Gasteiger partial charge in [0.25, 0.3) is 0 Å². The molecule has 0 aliphatic carbocycles. The van der Waals surface area contributed by atoms with Gasteiger partial charge in [0.2, 0.25) is 5.91 Å². The zero-order valence-corrected chi connectivity index (χ0v) is 14.5. The molecule has 1 saturated heterocycles. The molecule has 1 aliphatic rings. The van der Waals surface area contributed by atoms with Crippen LogP contribution >= 0.6 is 0 Å². The van der Waals surface area contributed by atoms with Crippen molar-refractivity contribution in [1.82, 2.24) is 14.7 Å². The number of nitrogens with one attached hydrogen (secondary N) is 1. The number of benzene rings is 1. The maximum atomic E-state index is 12.1. The monoisotopic (exact) mass is 340 g/mol. The fourth-order valence-electron chi connectivity index (χ4n) is 2.80. The van der Waals surface area contributed by atoms with Crippen molar-refractivity contribution in [3.8, 4) is 0 Å². The number of carbonyl (C=O) groups is 1. The maximum Gasteiger partial charge on any atom is 0.248 e. The van der Waals surface area contributed by atoms with Gasteiger partial charge in [0.15, 0.2) is 0 Å². The van der Waals surface area contributed by atoms with E-state index in [0.717, 1.165) is 50.8 Å². The minimum atomic E-state index is -0.148. The Morgan fingerprint density at radius 1 is 1.24 bits per heavy atom. The lowest BCUT2D eigenvalue weighted by atomic mass is 10.2. The molecule has 2 heterocycles. The van der Waals surface area contributed by atoms with Gasteiger partial charge in [-0.2, -0.15) is 5.10 Å². The molecule has 25 heavy (non-hydrogen) atoms. The second kappa shape index (κ2) is 8.60. The van der Waals surface area contributed by atoms with Crippen molar-refractivity contribution in [2.45, 2.75) is 20.0 Å². The molecule has 0 radical (unpaired) electrons. The third kappa shape index (κ3) is 5.01. The largest absolute Gasteiger partial charge is 0.379 e. The number of amides is 1. The van der Waals surface area contributed by atoms with Crippen LogP contribution in [-0.2, 0) is 22.6 Å². The highest BCUT2D eigenvalue weighted by atomic mass is 16.5. The Morgan fingerprint density at radius 3 is 2.72 bits per heavy atom. The summed E-state index contributed by atoms with van der Waals surface area (Å²) in [5, 5.41) is 7.06. The summed E-state index contributed by atoms with van der Waals surface area (Å²) in [6.45, 7) is 7.25. The fraction of sp³-hybridized carbons (Fsp3) is 0.368. The summed E-state index contributed by atoms with van der Waals surface area (Å²) in [5.41, 5.74) is 2.95. The minimum Gasteiger partial charge on any atom is -0.379 e. The maximum absolute atomic E-state index is 12.1. The summed E-state index contributed by atoms with van der Waals surface area (Å²) in [6, 6.07) is 9.88. The number of ether oxygens (including phenoxy) is 1. The number of hydrogen-bond donors (Lipinski definition) is 1. The first-order valence-electron chi connectivity index (χ1n) is 8.64. The molecule has 0 saturated carbocycles. The molecule has 0 unspecified atom stereocenters. The van der Waals surface area contributed by atoms with E-state index >= 15 is 0 Å². The quantitative estimate of drug-likeness (QED) is 0.821. The van der Waals surface area contributed by atoms with E-state index in [0.29, 0.717) is 0 Å². The molecule has 1 aliphatic heterocycles. The van der Waals surface area contributed by atoms with Crippen LogP contribution in [0.2, 0.25) is 0 Å². The molecule has 1 aromatic carbocycles. The van der Waals surface area contributed by atoms with Crippen LogP contribution in [0.15, 0.2) is 42.6 Å². The van der Waals surface area contributed by atoms with Crippen molar-refractivity contribution in [1.29, 1.82) is 0 Å². The van der Waals surface area contributed by atoms with Crippen molar-refractivity contribution in [2.24, 2.45) is 0 Å². The van der Waals surface area contributed by atoms with Crippen LogP contribution in [0.4, 0.5) is 5.69 Å². The average Bonchev–Trinajstić information content (AvgIpc) is 3.10. The average molecular weight is 340 g/mol. The first-order chi connectivity index (χ1) is 12.2.